The molecule has 0 spiro atoms. The molecule has 0 amide bonds. The predicted octanol–water partition coefficient (Wildman–Crippen LogP) is 3.99. The summed E-state index contributed by atoms with van der Waals surface area (Å²) in [6.07, 6.45) is 1.64. The molecule has 4 rings (SSSR count). The summed E-state index contributed by atoms with van der Waals surface area (Å²) in [7, 11) is 0. The molecule has 118 valence electrons. The van der Waals surface area contributed by atoms with E-state index in [-0.39, 0.29) is 12.0 Å². The largest absolute Gasteiger partial charge is 0.464 e. The van der Waals surface area contributed by atoms with Gasteiger partial charge in [0.2, 0.25) is 0 Å². The maximum absolute atomic E-state index is 12.1. The van der Waals surface area contributed by atoms with Crippen molar-refractivity contribution in [3.63, 3.8) is 0 Å². The quantitative estimate of drug-likeness (QED) is 0.801. The van der Waals surface area contributed by atoms with Crippen LogP contribution in [0.1, 0.15) is 25.3 Å². The van der Waals surface area contributed by atoms with E-state index in [1.165, 1.54) is 16.0 Å². The molecule has 4 nitrogen and oxygen atoms in total. The molecule has 23 heavy (non-hydrogen) atoms. The number of fused-ring (bicyclic) bond motifs is 2. The van der Waals surface area contributed by atoms with Crippen molar-refractivity contribution < 1.29 is 9.53 Å². The molecule has 1 aromatic heterocycles. The average molecular weight is 326 g/mol. The highest BCUT2D eigenvalue weighted by Gasteiger charge is 2.37. The van der Waals surface area contributed by atoms with E-state index in [2.05, 4.69) is 40.6 Å². The first kappa shape index (κ1) is 14.5. The van der Waals surface area contributed by atoms with Crippen molar-refractivity contribution in [2.75, 3.05) is 6.61 Å². The monoisotopic (exact) mass is 326 g/mol. The third-order valence-electron chi connectivity index (χ3n) is 4.38. The van der Waals surface area contributed by atoms with Crippen LogP contribution < -0.4 is 0 Å². The normalized spacial score (nSPS) is 19.1. The second-order valence-corrected chi connectivity index (χ2v) is 6.73. The van der Waals surface area contributed by atoms with Gasteiger partial charge in [0, 0.05) is 17.8 Å². The second-order valence-electron chi connectivity index (χ2n) is 5.78. The van der Waals surface area contributed by atoms with Crippen molar-refractivity contribution in [1.82, 2.24) is 4.90 Å². The molecule has 2 aliphatic heterocycles. The van der Waals surface area contributed by atoms with E-state index >= 15 is 0 Å². The molecule has 0 unspecified atom stereocenters. The number of hydrogen-bond donors (Lipinski definition) is 0. The maximum Gasteiger partial charge on any atom is 0.328 e. The van der Waals surface area contributed by atoms with Gasteiger partial charge in [-0.3, -0.25) is 0 Å². The van der Waals surface area contributed by atoms with E-state index in [9.17, 15) is 4.79 Å². The van der Waals surface area contributed by atoms with Crippen molar-refractivity contribution >= 4 is 28.8 Å². The lowest BCUT2D eigenvalue weighted by molar-refractivity contribution is -0.147. The van der Waals surface area contributed by atoms with Crippen molar-refractivity contribution in [2.45, 2.75) is 32.4 Å². The van der Waals surface area contributed by atoms with Gasteiger partial charge < -0.3 is 9.64 Å². The number of nitrogens with zero attached hydrogens (tertiary/aromatic N) is 2. The molecule has 1 saturated heterocycles. The number of aliphatic imine (C=N–C) groups is 1. The summed E-state index contributed by atoms with van der Waals surface area (Å²) in [6, 6.07) is 10.4. The van der Waals surface area contributed by atoms with Gasteiger partial charge in [0.15, 0.2) is 0 Å². The molecule has 0 saturated carbocycles. The van der Waals surface area contributed by atoms with E-state index < -0.39 is 0 Å². The van der Waals surface area contributed by atoms with Gasteiger partial charge in [0.1, 0.15) is 11.9 Å². The van der Waals surface area contributed by atoms with Crippen LogP contribution in [-0.2, 0) is 16.1 Å². The smallest absolute Gasteiger partial charge is 0.328 e. The summed E-state index contributed by atoms with van der Waals surface area (Å²) in [5.74, 6) is 0.884. The minimum absolute atomic E-state index is 0.129. The van der Waals surface area contributed by atoms with E-state index in [0.29, 0.717) is 6.61 Å². The molecule has 3 heterocycles. The minimum Gasteiger partial charge on any atom is -0.464 e. The first-order chi connectivity index (χ1) is 11.3. The fourth-order valence-electron chi connectivity index (χ4n) is 3.29. The van der Waals surface area contributed by atoms with Crippen LogP contribution in [0, 0.1) is 0 Å². The Morgan fingerprint density at radius 3 is 3.13 bits per heavy atom. The lowest BCUT2D eigenvalue weighted by atomic mass is 10.1. The molecule has 1 aromatic carbocycles. The van der Waals surface area contributed by atoms with E-state index in [0.717, 1.165) is 30.9 Å². The molecule has 1 atom stereocenters. The molecule has 0 radical (unpaired) electrons. The Morgan fingerprint density at radius 1 is 1.43 bits per heavy atom. The summed E-state index contributed by atoms with van der Waals surface area (Å²) in [5.41, 5.74) is 3.42. The van der Waals surface area contributed by atoms with Crippen LogP contribution in [0.4, 0.5) is 5.69 Å². The molecule has 0 aliphatic carbocycles. The Kier molecular flexibility index (Phi) is 3.65. The third-order valence-corrected chi connectivity index (χ3v) is 5.30. The van der Waals surface area contributed by atoms with Crippen molar-refractivity contribution in [3.8, 4) is 10.4 Å². The fourth-order valence-corrected chi connectivity index (χ4v) is 4.01. The van der Waals surface area contributed by atoms with Gasteiger partial charge in [-0.25, -0.2) is 9.79 Å². The number of rotatable bonds is 3. The number of carbonyl (C=O) groups excluding carboxylic acids is 1. The summed E-state index contributed by atoms with van der Waals surface area (Å²) >= 11 is 1.73. The lowest BCUT2D eigenvalue weighted by Crippen LogP contribution is -2.40. The van der Waals surface area contributed by atoms with Crippen LogP contribution in [0.5, 0.6) is 0 Å². The van der Waals surface area contributed by atoms with Crippen LogP contribution in [0.3, 0.4) is 0 Å². The van der Waals surface area contributed by atoms with Crippen LogP contribution in [-0.4, -0.2) is 29.4 Å². The molecule has 2 aliphatic rings. The first-order valence-corrected chi connectivity index (χ1v) is 8.82. The fraction of sp³-hybridized carbons (Fsp3) is 0.333. The number of amidine groups is 1. The highest BCUT2D eigenvalue weighted by molar-refractivity contribution is 7.13. The third kappa shape index (κ3) is 2.55. The van der Waals surface area contributed by atoms with Gasteiger partial charge in [0.25, 0.3) is 0 Å². The average Bonchev–Trinajstić information content (AvgIpc) is 3.22. The van der Waals surface area contributed by atoms with Gasteiger partial charge in [0.05, 0.1) is 12.3 Å². The van der Waals surface area contributed by atoms with Gasteiger partial charge in [-0.15, -0.1) is 11.3 Å². The van der Waals surface area contributed by atoms with Crippen molar-refractivity contribution in [3.05, 3.63) is 41.3 Å². The molecule has 5 heteroatoms. The molecule has 1 fully saturated rings. The van der Waals surface area contributed by atoms with Crippen molar-refractivity contribution in [2.24, 2.45) is 4.99 Å². The first-order valence-electron chi connectivity index (χ1n) is 7.94. The minimum atomic E-state index is -0.188. The molecule has 0 N–H and O–H groups in total. The van der Waals surface area contributed by atoms with Crippen LogP contribution in [0.15, 0.2) is 40.7 Å². The topological polar surface area (TPSA) is 41.9 Å². The highest BCUT2D eigenvalue weighted by atomic mass is 32.1. The van der Waals surface area contributed by atoms with Gasteiger partial charge in [-0.2, -0.15) is 0 Å². The Labute approximate surface area is 139 Å². The Morgan fingerprint density at radius 2 is 2.35 bits per heavy atom. The van der Waals surface area contributed by atoms with Crippen LogP contribution >= 0.6 is 11.3 Å². The summed E-state index contributed by atoms with van der Waals surface area (Å²) < 4.78 is 5.21. The zero-order valence-corrected chi connectivity index (χ0v) is 13.8. The standard InChI is InChI=1S/C18H18N2O2S/c1-2-22-18(21)15-7-8-17-19-14-6-5-12(16-4-3-9-23-16)10-13(14)11-20(15)17/h3-6,9-10,15H,2,7-8,11H2,1H3/t15-/m0/s1. The van der Waals surface area contributed by atoms with E-state index in [1.54, 1.807) is 11.3 Å². The summed E-state index contributed by atoms with van der Waals surface area (Å²) in [6.45, 7) is 3.01. The van der Waals surface area contributed by atoms with Gasteiger partial charge >= 0.3 is 5.97 Å². The van der Waals surface area contributed by atoms with E-state index in [4.69, 9.17) is 9.73 Å². The van der Waals surface area contributed by atoms with Crippen LogP contribution in [0.2, 0.25) is 0 Å². The number of esters is 1. The summed E-state index contributed by atoms with van der Waals surface area (Å²) in [5, 5.41) is 2.09. The van der Waals surface area contributed by atoms with Crippen LogP contribution in [0.25, 0.3) is 10.4 Å². The Hall–Kier alpha value is -2.14. The zero-order valence-electron chi connectivity index (χ0n) is 13.0. The Bertz CT molecular complexity index is 767. The molecule has 0 bridgehead atoms. The Balaban J connectivity index is 1.65. The lowest BCUT2D eigenvalue weighted by Gasteiger charge is -2.29. The second kappa shape index (κ2) is 5.81. The summed E-state index contributed by atoms with van der Waals surface area (Å²) in [4.78, 5) is 20.3. The number of carbonyl (C=O) groups is 1. The number of benzene rings is 1. The zero-order chi connectivity index (χ0) is 15.8. The number of ether oxygens (including phenoxy) is 1. The molecule has 2 aromatic rings. The van der Waals surface area contributed by atoms with Crippen molar-refractivity contribution in [1.29, 1.82) is 0 Å². The predicted molar refractivity (Wildman–Crippen MR) is 92.0 cm³/mol. The number of hydrogen-bond acceptors (Lipinski definition) is 5. The highest BCUT2D eigenvalue weighted by Crippen LogP contribution is 2.36. The SMILES string of the molecule is CCOC(=O)[C@@H]1CCC2=Nc3ccc(-c4cccs4)cc3CN21. The molecular weight excluding hydrogens is 308 g/mol. The maximum atomic E-state index is 12.1. The van der Waals surface area contributed by atoms with E-state index in [1.807, 2.05) is 6.92 Å². The number of thiophene rings is 1. The van der Waals surface area contributed by atoms with Gasteiger partial charge in [-0.05, 0) is 48.1 Å². The van der Waals surface area contributed by atoms with Gasteiger partial charge in [-0.1, -0.05) is 12.1 Å². The molecular formula is C18H18N2O2S.